The molecule has 8 heteroatoms. The number of amides is 1. The second-order valence-corrected chi connectivity index (χ2v) is 8.99. The predicted molar refractivity (Wildman–Crippen MR) is 129 cm³/mol. The number of halogens is 4. The molecule has 0 radical (unpaired) electrons. The van der Waals surface area contributed by atoms with Crippen molar-refractivity contribution in [3.8, 4) is 11.8 Å². The quantitative estimate of drug-likeness (QED) is 0.237. The van der Waals surface area contributed by atoms with E-state index in [0.29, 0.717) is 25.9 Å². The number of anilines is 1. The number of carbonyl (C=O) groups is 1. The summed E-state index contributed by atoms with van der Waals surface area (Å²) in [5, 5.41) is 12.2. The molecule has 1 amide bonds. The molecule has 0 saturated heterocycles. The lowest BCUT2D eigenvalue weighted by Crippen LogP contribution is -2.13. The lowest BCUT2D eigenvalue weighted by atomic mass is 10.1. The largest absolute Gasteiger partial charge is 0.487 e. The minimum Gasteiger partial charge on any atom is -0.487 e. The number of rotatable bonds is 6. The van der Waals surface area contributed by atoms with Crippen LogP contribution in [0.4, 0.5) is 10.1 Å². The first-order valence-electron chi connectivity index (χ1n) is 8.90. The Labute approximate surface area is 204 Å². The van der Waals surface area contributed by atoms with Gasteiger partial charge in [0.2, 0.25) is 0 Å². The van der Waals surface area contributed by atoms with E-state index in [-0.39, 0.29) is 18.0 Å². The standard InChI is InChI=1S/C23H14Br3FN2O2/c24-17-2-1-3-19(11-17)29-23(30)16(12-28)8-15-9-20(25)22(21(26)10-15)31-13-14-4-6-18(27)7-5-14/h1-11H,13H2,(H,29,30)/b16-8-. The van der Waals surface area contributed by atoms with E-state index in [1.54, 1.807) is 42.5 Å². The number of nitriles is 1. The van der Waals surface area contributed by atoms with E-state index in [2.05, 4.69) is 53.1 Å². The average molecular weight is 609 g/mol. The van der Waals surface area contributed by atoms with Crippen molar-refractivity contribution in [3.05, 3.63) is 96.6 Å². The highest BCUT2D eigenvalue weighted by atomic mass is 79.9. The van der Waals surface area contributed by atoms with Gasteiger partial charge in [-0.25, -0.2) is 4.39 Å². The van der Waals surface area contributed by atoms with Crippen LogP contribution in [0.3, 0.4) is 0 Å². The molecule has 0 aromatic heterocycles. The van der Waals surface area contributed by atoms with Crippen LogP contribution in [-0.2, 0) is 11.4 Å². The van der Waals surface area contributed by atoms with Gasteiger partial charge in [0.15, 0.2) is 0 Å². The summed E-state index contributed by atoms with van der Waals surface area (Å²) >= 11 is 10.3. The molecule has 0 aliphatic heterocycles. The third kappa shape index (κ3) is 6.50. The summed E-state index contributed by atoms with van der Waals surface area (Å²) in [6.45, 7) is 0.255. The zero-order valence-electron chi connectivity index (χ0n) is 15.8. The summed E-state index contributed by atoms with van der Waals surface area (Å²) in [6, 6.07) is 18.6. The van der Waals surface area contributed by atoms with Crippen molar-refractivity contribution in [3.63, 3.8) is 0 Å². The fourth-order valence-electron chi connectivity index (χ4n) is 2.62. The summed E-state index contributed by atoms with van der Waals surface area (Å²) in [4.78, 5) is 12.5. The van der Waals surface area contributed by atoms with Crippen LogP contribution >= 0.6 is 47.8 Å². The van der Waals surface area contributed by atoms with E-state index in [9.17, 15) is 14.4 Å². The second kappa shape index (κ2) is 10.7. The van der Waals surface area contributed by atoms with Crippen LogP contribution in [0.5, 0.6) is 5.75 Å². The van der Waals surface area contributed by atoms with Crippen molar-refractivity contribution in [1.82, 2.24) is 0 Å². The molecular weight excluding hydrogens is 595 g/mol. The van der Waals surface area contributed by atoms with E-state index in [0.717, 1.165) is 10.0 Å². The number of ether oxygens (including phenoxy) is 1. The Morgan fingerprint density at radius 1 is 1.06 bits per heavy atom. The van der Waals surface area contributed by atoms with E-state index in [1.807, 2.05) is 12.1 Å². The van der Waals surface area contributed by atoms with Crippen molar-refractivity contribution < 1.29 is 13.9 Å². The molecule has 3 aromatic carbocycles. The van der Waals surface area contributed by atoms with Crippen LogP contribution < -0.4 is 10.1 Å². The third-order valence-electron chi connectivity index (χ3n) is 4.08. The van der Waals surface area contributed by atoms with Gasteiger partial charge in [0, 0.05) is 10.2 Å². The minimum atomic E-state index is -0.510. The molecule has 0 saturated carbocycles. The van der Waals surface area contributed by atoms with Crippen molar-refractivity contribution in [2.45, 2.75) is 6.61 Å². The van der Waals surface area contributed by atoms with E-state index in [4.69, 9.17) is 4.74 Å². The molecule has 0 unspecified atom stereocenters. The lowest BCUT2D eigenvalue weighted by Gasteiger charge is -2.12. The van der Waals surface area contributed by atoms with Crippen molar-refractivity contribution in [2.75, 3.05) is 5.32 Å². The van der Waals surface area contributed by atoms with Gasteiger partial charge >= 0.3 is 0 Å². The van der Waals surface area contributed by atoms with Crippen LogP contribution in [0.15, 0.2) is 79.7 Å². The van der Waals surface area contributed by atoms with Gasteiger partial charge in [-0.1, -0.05) is 34.1 Å². The molecule has 0 aliphatic carbocycles. The molecule has 3 aromatic rings. The Bertz CT molecular complexity index is 1170. The third-order valence-corrected chi connectivity index (χ3v) is 5.75. The smallest absolute Gasteiger partial charge is 0.266 e. The van der Waals surface area contributed by atoms with Crippen LogP contribution in [0.25, 0.3) is 6.08 Å². The number of nitrogens with one attached hydrogen (secondary N) is 1. The number of carbonyl (C=O) groups excluding carboxylic acids is 1. The molecule has 0 aliphatic rings. The average Bonchev–Trinajstić information content (AvgIpc) is 2.72. The molecule has 0 bridgehead atoms. The van der Waals surface area contributed by atoms with Gasteiger partial charge in [0.05, 0.1) is 8.95 Å². The highest BCUT2D eigenvalue weighted by Crippen LogP contribution is 2.36. The maximum Gasteiger partial charge on any atom is 0.266 e. The van der Waals surface area contributed by atoms with Crippen LogP contribution in [-0.4, -0.2) is 5.91 Å². The predicted octanol–water partition coefficient (Wildman–Crippen LogP) is 7.24. The Morgan fingerprint density at radius 2 is 1.74 bits per heavy atom. The number of hydrogen-bond donors (Lipinski definition) is 1. The summed E-state index contributed by atoms with van der Waals surface area (Å²) < 4.78 is 21.0. The number of benzene rings is 3. The van der Waals surface area contributed by atoms with Gasteiger partial charge in [0.25, 0.3) is 5.91 Å². The minimum absolute atomic E-state index is 0.0428. The number of nitrogens with zero attached hydrogens (tertiary/aromatic N) is 1. The normalized spacial score (nSPS) is 11.0. The molecule has 0 spiro atoms. The molecule has 1 N–H and O–H groups in total. The van der Waals surface area contributed by atoms with Gasteiger partial charge < -0.3 is 10.1 Å². The first-order chi connectivity index (χ1) is 14.9. The maximum absolute atomic E-state index is 13.0. The van der Waals surface area contributed by atoms with Crippen LogP contribution in [0.1, 0.15) is 11.1 Å². The summed E-state index contributed by atoms with van der Waals surface area (Å²) in [7, 11) is 0. The highest BCUT2D eigenvalue weighted by Gasteiger charge is 2.13. The van der Waals surface area contributed by atoms with Gasteiger partial charge in [-0.3, -0.25) is 4.79 Å². The molecule has 156 valence electrons. The van der Waals surface area contributed by atoms with E-state index < -0.39 is 5.91 Å². The Morgan fingerprint density at radius 3 is 2.35 bits per heavy atom. The first kappa shape index (κ1) is 23.2. The number of hydrogen-bond acceptors (Lipinski definition) is 3. The van der Waals surface area contributed by atoms with Crippen LogP contribution in [0.2, 0.25) is 0 Å². The topological polar surface area (TPSA) is 62.1 Å². The SMILES string of the molecule is N#C/C(=C/c1cc(Br)c(OCc2ccc(F)cc2)c(Br)c1)C(=O)Nc1cccc(Br)c1. The van der Waals surface area contributed by atoms with Crippen molar-refractivity contribution >= 4 is 65.5 Å². The van der Waals surface area contributed by atoms with Crippen molar-refractivity contribution in [2.24, 2.45) is 0 Å². The van der Waals surface area contributed by atoms with E-state index >= 15 is 0 Å². The monoisotopic (exact) mass is 606 g/mol. The summed E-state index contributed by atoms with van der Waals surface area (Å²) in [5.74, 6) is -0.262. The first-order valence-corrected chi connectivity index (χ1v) is 11.3. The molecule has 31 heavy (non-hydrogen) atoms. The van der Waals surface area contributed by atoms with Gasteiger partial charge in [-0.05, 0) is 91.5 Å². The Balaban J connectivity index is 1.76. The molecule has 4 nitrogen and oxygen atoms in total. The van der Waals surface area contributed by atoms with Crippen LogP contribution in [0, 0.1) is 17.1 Å². The fraction of sp³-hybridized carbons (Fsp3) is 0.0435. The molecule has 0 fully saturated rings. The summed E-state index contributed by atoms with van der Waals surface area (Å²) in [6.07, 6.45) is 1.49. The zero-order chi connectivity index (χ0) is 22.4. The zero-order valence-corrected chi connectivity index (χ0v) is 20.6. The molecular formula is C23H14Br3FN2O2. The van der Waals surface area contributed by atoms with E-state index in [1.165, 1.54) is 18.2 Å². The Hall–Kier alpha value is -2.47. The second-order valence-electron chi connectivity index (χ2n) is 6.36. The highest BCUT2D eigenvalue weighted by molar-refractivity contribution is 9.11. The summed E-state index contributed by atoms with van der Waals surface area (Å²) in [5.41, 5.74) is 1.99. The molecule has 3 rings (SSSR count). The fourth-order valence-corrected chi connectivity index (χ4v) is 4.47. The lowest BCUT2D eigenvalue weighted by molar-refractivity contribution is -0.112. The van der Waals surface area contributed by atoms with Gasteiger partial charge in [0.1, 0.15) is 29.8 Å². The van der Waals surface area contributed by atoms with Gasteiger partial charge in [-0.15, -0.1) is 0 Å². The van der Waals surface area contributed by atoms with Gasteiger partial charge in [-0.2, -0.15) is 5.26 Å². The maximum atomic E-state index is 13.0. The van der Waals surface area contributed by atoms with Crippen molar-refractivity contribution in [1.29, 1.82) is 5.26 Å². The molecule has 0 heterocycles. The Kier molecular flexibility index (Phi) is 8.02. The molecule has 0 atom stereocenters.